The molecule has 2 nitrogen and oxygen atoms in total. The maximum atomic E-state index is 5.89. The number of rotatable bonds is 21. The molecule has 0 unspecified atom stereocenters. The van der Waals surface area contributed by atoms with Crippen LogP contribution in [-0.4, -0.2) is 18.7 Å². The first kappa shape index (κ1) is 30.3. The van der Waals surface area contributed by atoms with Crippen molar-refractivity contribution in [3.63, 3.8) is 0 Å². The zero-order valence-corrected chi connectivity index (χ0v) is 21.7. The lowest BCUT2D eigenvalue weighted by molar-refractivity contribution is 0.208. The molecule has 0 aliphatic heterocycles. The van der Waals surface area contributed by atoms with Gasteiger partial charge in [-0.25, -0.2) is 0 Å². The lowest BCUT2D eigenvalue weighted by atomic mass is 10.0. The Morgan fingerprint density at radius 1 is 0.645 bits per heavy atom. The predicted octanol–water partition coefficient (Wildman–Crippen LogP) is 9.12. The van der Waals surface area contributed by atoms with Crippen LogP contribution in [0, 0.1) is 0 Å². The van der Waals surface area contributed by atoms with Gasteiger partial charge in [-0.2, -0.15) is 0 Å². The van der Waals surface area contributed by atoms with Gasteiger partial charge in [0.05, 0.1) is 0 Å². The molecular formula is C28H52ClNO. The first-order valence-electron chi connectivity index (χ1n) is 13.1. The number of para-hydroxylation sites is 1. The van der Waals surface area contributed by atoms with Crippen molar-refractivity contribution in [3.8, 4) is 5.75 Å². The van der Waals surface area contributed by atoms with E-state index in [1.165, 1.54) is 103 Å². The topological polar surface area (TPSA) is 21.3 Å². The Balaban J connectivity index is 0.00000900. The number of ether oxygens (including phenoxy) is 1. The number of nitrogens with one attached hydrogen (secondary N) is 1. The Bertz CT molecular complexity index is 477. The summed E-state index contributed by atoms with van der Waals surface area (Å²) >= 11 is 0. The van der Waals surface area contributed by atoms with Crippen molar-refractivity contribution in [2.24, 2.45) is 0 Å². The monoisotopic (exact) mass is 453 g/mol. The largest absolute Gasteiger partial charge is 0.492 e. The standard InChI is InChI=1S/C28H51NO.ClH/c1-4-5-6-7-8-9-10-11-12-13-14-15-16-17-18-22-25-29-28(2,3)26-30-27-23-20-19-21-24-27;/h19-21,23-24,29H,4-18,22,25-26H2,1-3H3;1H. The number of hydrogen-bond donors (Lipinski definition) is 1. The molecule has 1 aromatic rings. The average Bonchev–Trinajstić information content (AvgIpc) is 2.75. The van der Waals surface area contributed by atoms with Crippen LogP contribution in [0.25, 0.3) is 0 Å². The summed E-state index contributed by atoms with van der Waals surface area (Å²) in [4.78, 5) is 0. The van der Waals surface area contributed by atoms with E-state index in [0.29, 0.717) is 6.61 Å². The molecule has 0 aromatic heterocycles. The van der Waals surface area contributed by atoms with Crippen molar-refractivity contribution in [2.45, 2.75) is 129 Å². The highest BCUT2D eigenvalue weighted by atomic mass is 35.5. The Kier molecular flexibility index (Phi) is 20.6. The molecule has 0 radical (unpaired) electrons. The maximum Gasteiger partial charge on any atom is 0.119 e. The van der Waals surface area contributed by atoms with Gasteiger partial charge < -0.3 is 10.1 Å². The van der Waals surface area contributed by atoms with Gasteiger partial charge >= 0.3 is 0 Å². The summed E-state index contributed by atoms with van der Waals surface area (Å²) in [6, 6.07) is 10.1. The van der Waals surface area contributed by atoms with Crippen LogP contribution >= 0.6 is 12.4 Å². The third kappa shape index (κ3) is 19.7. The maximum absolute atomic E-state index is 5.89. The van der Waals surface area contributed by atoms with Gasteiger partial charge in [0.25, 0.3) is 0 Å². The summed E-state index contributed by atoms with van der Waals surface area (Å²) in [7, 11) is 0. The highest BCUT2D eigenvalue weighted by molar-refractivity contribution is 5.85. The minimum absolute atomic E-state index is 0. The van der Waals surface area contributed by atoms with E-state index in [1.54, 1.807) is 0 Å². The van der Waals surface area contributed by atoms with Gasteiger partial charge in [-0.1, -0.05) is 121 Å². The summed E-state index contributed by atoms with van der Waals surface area (Å²) in [5, 5.41) is 3.65. The zero-order chi connectivity index (χ0) is 21.8. The van der Waals surface area contributed by atoms with Crippen LogP contribution in [0.1, 0.15) is 124 Å². The lowest BCUT2D eigenvalue weighted by Gasteiger charge is -2.26. The summed E-state index contributed by atoms with van der Waals surface area (Å²) < 4.78 is 5.89. The van der Waals surface area contributed by atoms with Gasteiger partial charge in [0.15, 0.2) is 0 Å². The molecule has 182 valence electrons. The van der Waals surface area contributed by atoms with Crippen molar-refractivity contribution in [1.82, 2.24) is 5.32 Å². The van der Waals surface area contributed by atoms with Gasteiger partial charge in [-0.05, 0) is 38.9 Å². The third-order valence-electron chi connectivity index (χ3n) is 5.98. The Morgan fingerprint density at radius 3 is 1.52 bits per heavy atom. The minimum Gasteiger partial charge on any atom is -0.492 e. The molecule has 1 N–H and O–H groups in total. The molecular weight excluding hydrogens is 402 g/mol. The van der Waals surface area contributed by atoms with E-state index in [1.807, 2.05) is 30.3 Å². The number of benzene rings is 1. The normalized spacial score (nSPS) is 11.3. The van der Waals surface area contributed by atoms with Crippen LogP contribution in [0.3, 0.4) is 0 Å². The molecule has 0 amide bonds. The van der Waals surface area contributed by atoms with E-state index in [0.717, 1.165) is 12.3 Å². The molecule has 3 heteroatoms. The summed E-state index contributed by atoms with van der Waals surface area (Å²) in [5.41, 5.74) is 0.0192. The second kappa shape index (κ2) is 21.1. The van der Waals surface area contributed by atoms with Crippen LogP contribution in [0.15, 0.2) is 30.3 Å². The fourth-order valence-corrected chi connectivity index (χ4v) is 3.93. The van der Waals surface area contributed by atoms with Crippen LogP contribution in [0.5, 0.6) is 5.75 Å². The van der Waals surface area contributed by atoms with Crippen LogP contribution in [-0.2, 0) is 0 Å². The molecule has 1 aromatic carbocycles. The summed E-state index contributed by atoms with van der Waals surface area (Å²) in [6.07, 6.45) is 22.8. The fraction of sp³-hybridized carbons (Fsp3) is 0.786. The smallest absolute Gasteiger partial charge is 0.119 e. The third-order valence-corrected chi connectivity index (χ3v) is 5.98. The van der Waals surface area contributed by atoms with Crippen molar-refractivity contribution in [3.05, 3.63) is 30.3 Å². The molecule has 0 bridgehead atoms. The predicted molar refractivity (Wildman–Crippen MR) is 141 cm³/mol. The Hall–Kier alpha value is -0.730. The number of halogens is 1. The van der Waals surface area contributed by atoms with Crippen molar-refractivity contribution in [2.75, 3.05) is 13.2 Å². The second-order valence-corrected chi connectivity index (χ2v) is 9.72. The minimum atomic E-state index is 0. The molecule has 0 fully saturated rings. The molecule has 1 rings (SSSR count). The summed E-state index contributed by atoms with van der Waals surface area (Å²) in [5.74, 6) is 0.954. The van der Waals surface area contributed by atoms with Crippen LogP contribution in [0.2, 0.25) is 0 Å². The fourth-order valence-electron chi connectivity index (χ4n) is 3.93. The van der Waals surface area contributed by atoms with Gasteiger partial charge in [-0.15, -0.1) is 12.4 Å². The van der Waals surface area contributed by atoms with E-state index in [-0.39, 0.29) is 17.9 Å². The van der Waals surface area contributed by atoms with E-state index in [4.69, 9.17) is 4.74 Å². The highest BCUT2D eigenvalue weighted by Gasteiger charge is 2.17. The molecule has 0 saturated carbocycles. The van der Waals surface area contributed by atoms with Gasteiger partial charge in [0.2, 0.25) is 0 Å². The molecule has 0 spiro atoms. The van der Waals surface area contributed by atoms with Crippen LogP contribution < -0.4 is 10.1 Å². The molecule has 0 heterocycles. The lowest BCUT2D eigenvalue weighted by Crippen LogP contribution is -2.45. The quantitative estimate of drug-likeness (QED) is 0.187. The first-order valence-corrected chi connectivity index (χ1v) is 13.1. The van der Waals surface area contributed by atoms with Crippen molar-refractivity contribution < 1.29 is 4.74 Å². The summed E-state index contributed by atoms with van der Waals surface area (Å²) in [6.45, 7) is 8.53. The molecule has 31 heavy (non-hydrogen) atoms. The van der Waals surface area contributed by atoms with E-state index in [9.17, 15) is 0 Å². The molecule has 0 atom stereocenters. The van der Waals surface area contributed by atoms with Crippen molar-refractivity contribution in [1.29, 1.82) is 0 Å². The van der Waals surface area contributed by atoms with Gasteiger partial charge in [-0.3, -0.25) is 0 Å². The number of unbranched alkanes of at least 4 members (excludes halogenated alkanes) is 15. The van der Waals surface area contributed by atoms with Gasteiger partial charge in [0, 0.05) is 5.54 Å². The Labute approximate surface area is 200 Å². The van der Waals surface area contributed by atoms with Crippen molar-refractivity contribution >= 4 is 12.4 Å². The second-order valence-electron chi connectivity index (χ2n) is 9.72. The molecule has 0 aliphatic carbocycles. The van der Waals surface area contributed by atoms with E-state index >= 15 is 0 Å². The van der Waals surface area contributed by atoms with Crippen LogP contribution in [0.4, 0.5) is 0 Å². The molecule has 0 aliphatic rings. The zero-order valence-electron chi connectivity index (χ0n) is 20.9. The first-order chi connectivity index (χ1) is 14.6. The van der Waals surface area contributed by atoms with Gasteiger partial charge in [0.1, 0.15) is 12.4 Å². The average molecular weight is 454 g/mol. The number of hydrogen-bond acceptors (Lipinski definition) is 2. The highest BCUT2D eigenvalue weighted by Crippen LogP contribution is 2.14. The van der Waals surface area contributed by atoms with E-state index < -0.39 is 0 Å². The Morgan fingerprint density at radius 2 is 1.06 bits per heavy atom. The SMILES string of the molecule is CCCCCCCCCCCCCCCCCCNC(C)(C)COc1ccccc1.Cl. The van der Waals surface area contributed by atoms with E-state index in [2.05, 4.69) is 26.1 Å². The molecule has 0 saturated heterocycles.